The molecule has 5 nitrogen and oxygen atoms in total. The van der Waals surface area contributed by atoms with Crippen LogP contribution in [0.25, 0.3) is 6.08 Å². The number of benzene rings is 2. The lowest BCUT2D eigenvalue weighted by Crippen LogP contribution is -2.27. The molecular weight excluding hydrogens is 338 g/mol. The van der Waals surface area contributed by atoms with E-state index in [0.29, 0.717) is 10.5 Å². The number of nitrogens with zero attached hydrogens (tertiary/aromatic N) is 1. The van der Waals surface area contributed by atoms with Crippen molar-refractivity contribution in [2.45, 2.75) is 13.5 Å². The second kappa shape index (κ2) is 6.94. The van der Waals surface area contributed by atoms with Crippen LogP contribution in [0.3, 0.4) is 0 Å². The Kier molecular flexibility index (Phi) is 4.72. The Morgan fingerprint density at radius 2 is 1.72 bits per heavy atom. The Labute approximate surface area is 149 Å². The highest BCUT2D eigenvalue weighted by Gasteiger charge is 2.34. The summed E-state index contributed by atoms with van der Waals surface area (Å²) in [7, 11) is 0. The van der Waals surface area contributed by atoms with Crippen molar-refractivity contribution in [1.82, 2.24) is 4.90 Å². The number of carbonyl (C=O) groups excluding carboxylic acids is 2. The molecule has 1 fully saturated rings. The number of hydrogen-bond donors (Lipinski definition) is 1. The Morgan fingerprint density at radius 1 is 1.08 bits per heavy atom. The molecule has 0 radical (unpaired) electrons. The van der Waals surface area contributed by atoms with Gasteiger partial charge >= 0.3 is 5.97 Å². The molecule has 1 saturated heterocycles. The molecule has 0 spiro atoms. The van der Waals surface area contributed by atoms with Gasteiger partial charge < -0.3 is 5.11 Å². The van der Waals surface area contributed by atoms with Gasteiger partial charge in [-0.25, -0.2) is 4.79 Å². The maximum atomic E-state index is 12.5. The van der Waals surface area contributed by atoms with E-state index >= 15 is 0 Å². The van der Waals surface area contributed by atoms with Crippen molar-refractivity contribution < 1.29 is 19.5 Å². The number of amides is 2. The lowest BCUT2D eigenvalue weighted by Gasteiger charge is -2.12. The Balaban J connectivity index is 1.77. The lowest BCUT2D eigenvalue weighted by atomic mass is 10.1. The molecule has 0 aromatic heterocycles. The minimum absolute atomic E-state index is 0.121. The topological polar surface area (TPSA) is 74.7 Å². The number of rotatable bonds is 4. The van der Waals surface area contributed by atoms with Gasteiger partial charge in [-0.3, -0.25) is 14.5 Å². The summed E-state index contributed by atoms with van der Waals surface area (Å²) in [6.07, 6.45) is 1.71. The predicted molar refractivity (Wildman–Crippen MR) is 96.1 cm³/mol. The van der Waals surface area contributed by atoms with Gasteiger partial charge in [-0.2, -0.15) is 0 Å². The highest BCUT2D eigenvalue weighted by atomic mass is 32.2. The van der Waals surface area contributed by atoms with Gasteiger partial charge in [-0.15, -0.1) is 0 Å². The molecule has 1 aliphatic heterocycles. The van der Waals surface area contributed by atoms with Crippen molar-refractivity contribution in [2.75, 3.05) is 0 Å². The largest absolute Gasteiger partial charge is 0.478 e. The summed E-state index contributed by atoms with van der Waals surface area (Å²) in [6, 6.07) is 13.8. The zero-order chi connectivity index (χ0) is 18.0. The molecule has 2 aromatic rings. The molecule has 3 rings (SSSR count). The first-order valence-corrected chi connectivity index (χ1v) is 8.40. The summed E-state index contributed by atoms with van der Waals surface area (Å²) in [5.74, 6) is -1.35. The fourth-order valence-electron chi connectivity index (χ4n) is 2.39. The van der Waals surface area contributed by atoms with E-state index in [-0.39, 0.29) is 23.3 Å². The number of thioether (sulfide) groups is 1. The second-order valence-corrected chi connectivity index (χ2v) is 6.67. The van der Waals surface area contributed by atoms with Crippen LogP contribution < -0.4 is 0 Å². The van der Waals surface area contributed by atoms with E-state index in [0.717, 1.165) is 22.9 Å². The normalized spacial score (nSPS) is 15.9. The summed E-state index contributed by atoms with van der Waals surface area (Å²) in [4.78, 5) is 37.1. The Hall–Kier alpha value is -2.86. The maximum Gasteiger partial charge on any atom is 0.335 e. The molecular formula is C19H15NO4S. The minimum Gasteiger partial charge on any atom is -0.478 e. The monoisotopic (exact) mass is 353 g/mol. The van der Waals surface area contributed by atoms with E-state index in [1.165, 1.54) is 17.0 Å². The molecule has 1 aliphatic rings. The van der Waals surface area contributed by atoms with Gasteiger partial charge in [0.05, 0.1) is 17.0 Å². The zero-order valence-corrected chi connectivity index (χ0v) is 14.2. The molecule has 1 heterocycles. The summed E-state index contributed by atoms with van der Waals surface area (Å²) in [5.41, 5.74) is 2.85. The summed E-state index contributed by atoms with van der Waals surface area (Å²) in [6.45, 7) is 2.10. The smallest absolute Gasteiger partial charge is 0.335 e. The first-order valence-electron chi connectivity index (χ1n) is 7.58. The molecule has 126 valence electrons. The van der Waals surface area contributed by atoms with Crippen molar-refractivity contribution in [3.63, 3.8) is 0 Å². The van der Waals surface area contributed by atoms with E-state index in [1.54, 1.807) is 18.2 Å². The van der Waals surface area contributed by atoms with Crippen LogP contribution in [0.5, 0.6) is 0 Å². The van der Waals surface area contributed by atoms with Gasteiger partial charge in [-0.1, -0.05) is 42.0 Å². The van der Waals surface area contributed by atoms with Crippen LogP contribution >= 0.6 is 11.8 Å². The van der Waals surface area contributed by atoms with Crippen molar-refractivity contribution in [2.24, 2.45) is 0 Å². The third-order valence-electron chi connectivity index (χ3n) is 3.79. The minimum atomic E-state index is -1.02. The zero-order valence-electron chi connectivity index (χ0n) is 13.4. The molecule has 0 saturated carbocycles. The average molecular weight is 353 g/mol. The molecule has 0 bridgehead atoms. The van der Waals surface area contributed by atoms with Gasteiger partial charge in [0, 0.05) is 0 Å². The van der Waals surface area contributed by atoms with E-state index < -0.39 is 5.97 Å². The van der Waals surface area contributed by atoms with Crippen LogP contribution in [0.1, 0.15) is 27.0 Å². The summed E-state index contributed by atoms with van der Waals surface area (Å²) in [5, 5.41) is 8.58. The second-order valence-electron chi connectivity index (χ2n) is 5.68. The van der Waals surface area contributed by atoms with E-state index in [1.807, 2.05) is 31.2 Å². The third kappa shape index (κ3) is 3.80. The molecule has 2 amide bonds. The molecule has 6 heteroatoms. The van der Waals surface area contributed by atoms with Crippen LogP contribution in [0.15, 0.2) is 53.4 Å². The number of hydrogen-bond acceptors (Lipinski definition) is 4. The fraction of sp³-hybridized carbons (Fsp3) is 0.105. The van der Waals surface area contributed by atoms with Crippen LogP contribution in [-0.2, 0) is 11.3 Å². The Morgan fingerprint density at radius 3 is 2.32 bits per heavy atom. The first kappa shape index (κ1) is 17.0. The summed E-state index contributed by atoms with van der Waals surface area (Å²) >= 11 is 0.913. The third-order valence-corrected chi connectivity index (χ3v) is 4.70. The van der Waals surface area contributed by atoms with Crippen LogP contribution in [0.4, 0.5) is 4.79 Å². The maximum absolute atomic E-state index is 12.5. The molecule has 25 heavy (non-hydrogen) atoms. The van der Waals surface area contributed by atoms with E-state index in [4.69, 9.17) is 5.11 Å². The van der Waals surface area contributed by atoms with Crippen molar-refractivity contribution in [1.29, 1.82) is 0 Å². The highest BCUT2D eigenvalue weighted by Crippen LogP contribution is 2.33. The number of carbonyl (C=O) groups is 3. The number of carboxylic acids is 1. The highest BCUT2D eigenvalue weighted by molar-refractivity contribution is 8.18. The lowest BCUT2D eigenvalue weighted by molar-refractivity contribution is -0.123. The Bertz CT molecular complexity index is 869. The molecule has 0 unspecified atom stereocenters. The van der Waals surface area contributed by atoms with Crippen molar-refractivity contribution in [3.8, 4) is 0 Å². The summed E-state index contributed by atoms with van der Waals surface area (Å²) < 4.78 is 0. The number of imide groups is 1. The SMILES string of the molecule is Cc1ccc(/C=C2\SC(=O)N(Cc3ccc(C(=O)O)cc3)C2=O)cc1. The number of carboxylic acid groups (broad SMARTS) is 1. The average Bonchev–Trinajstić information content (AvgIpc) is 2.85. The van der Waals surface area contributed by atoms with Gasteiger partial charge in [0.2, 0.25) is 0 Å². The number of aromatic carboxylic acids is 1. The molecule has 0 atom stereocenters. The van der Waals surface area contributed by atoms with Gasteiger partial charge in [0.1, 0.15) is 0 Å². The predicted octanol–water partition coefficient (Wildman–Crippen LogP) is 3.93. The molecule has 1 N–H and O–H groups in total. The van der Waals surface area contributed by atoms with Crippen LogP contribution in [0, 0.1) is 6.92 Å². The number of aryl methyl sites for hydroxylation is 1. The van der Waals surface area contributed by atoms with Gasteiger partial charge in [-0.05, 0) is 48.0 Å². The van der Waals surface area contributed by atoms with Crippen molar-refractivity contribution >= 4 is 35.0 Å². The standard InChI is InChI=1S/C19H15NO4S/c1-12-2-4-13(5-3-12)10-16-17(21)20(19(24)25-16)11-14-6-8-15(9-7-14)18(22)23/h2-10H,11H2,1H3,(H,22,23)/b16-10-. The van der Waals surface area contributed by atoms with Crippen molar-refractivity contribution in [3.05, 3.63) is 75.7 Å². The van der Waals surface area contributed by atoms with Gasteiger partial charge in [0.15, 0.2) is 0 Å². The van der Waals surface area contributed by atoms with E-state index in [2.05, 4.69) is 0 Å². The fourth-order valence-corrected chi connectivity index (χ4v) is 3.22. The molecule has 2 aromatic carbocycles. The first-order chi connectivity index (χ1) is 11.9. The van der Waals surface area contributed by atoms with Crippen LogP contribution in [-0.4, -0.2) is 27.1 Å². The quantitative estimate of drug-likeness (QED) is 0.843. The van der Waals surface area contributed by atoms with Crippen LogP contribution in [0.2, 0.25) is 0 Å². The molecule has 0 aliphatic carbocycles. The van der Waals surface area contributed by atoms with Gasteiger partial charge in [0.25, 0.3) is 11.1 Å². The van der Waals surface area contributed by atoms with E-state index in [9.17, 15) is 14.4 Å².